The van der Waals surface area contributed by atoms with Gasteiger partial charge in [0.15, 0.2) is 5.82 Å². The number of hydrogen-bond donors (Lipinski definition) is 2. The second kappa shape index (κ2) is 6.44. The molecule has 0 aliphatic carbocycles. The van der Waals surface area contributed by atoms with E-state index in [-0.39, 0.29) is 0 Å². The van der Waals surface area contributed by atoms with Crippen LogP contribution in [0, 0.1) is 0 Å². The predicted molar refractivity (Wildman–Crippen MR) is 75.5 cm³/mol. The molecule has 0 aromatic carbocycles. The van der Waals surface area contributed by atoms with Crippen LogP contribution in [0.5, 0.6) is 5.88 Å². The molecule has 0 radical (unpaired) electrons. The number of anilines is 2. The van der Waals surface area contributed by atoms with Gasteiger partial charge in [0.25, 0.3) is 0 Å². The highest BCUT2D eigenvalue weighted by Gasteiger charge is 2.13. The molecule has 0 saturated carbocycles. The molecule has 18 heavy (non-hydrogen) atoms. The molecular weight excluding hydrogens is 228 g/mol. The van der Waals surface area contributed by atoms with Crippen LogP contribution in [0.15, 0.2) is 12.1 Å². The average Bonchev–Trinajstić information content (AvgIpc) is 2.28. The molecule has 0 saturated heterocycles. The Bertz CT molecular complexity index is 371. The van der Waals surface area contributed by atoms with Crippen LogP contribution in [0.1, 0.15) is 27.7 Å². The summed E-state index contributed by atoms with van der Waals surface area (Å²) in [6.07, 6.45) is 0. The number of hydrogen-bond acceptors (Lipinski definition) is 5. The van der Waals surface area contributed by atoms with Crippen LogP contribution in [0.2, 0.25) is 0 Å². The van der Waals surface area contributed by atoms with Crippen molar-refractivity contribution in [3.8, 4) is 5.88 Å². The van der Waals surface area contributed by atoms with E-state index < -0.39 is 0 Å². The Morgan fingerprint density at radius 3 is 2.28 bits per heavy atom. The van der Waals surface area contributed by atoms with Crippen LogP contribution in [-0.4, -0.2) is 35.1 Å². The first-order valence-corrected chi connectivity index (χ1v) is 6.32. The van der Waals surface area contributed by atoms with E-state index in [4.69, 9.17) is 16.2 Å². The maximum atomic E-state index is 5.62. The average molecular weight is 252 g/mol. The maximum Gasteiger partial charge on any atom is 0.215 e. The number of rotatable bonds is 6. The molecule has 102 valence electrons. The van der Waals surface area contributed by atoms with Crippen molar-refractivity contribution in [1.82, 2.24) is 9.88 Å². The molecule has 4 N–H and O–H groups in total. The normalized spacial score (nSPS) is 11.5. The predicted octanol–water partition coefficient (Wildman–Crippen LogP) is 1.74. The first-order chi connectivity index (χ1) is 8.41. The zero-order valence-corrected chi connectivity index (χ0v) is 11.7. The summed E-state index contributed by atoms with van der Waals surface area (Å²) in [5, 5.41) is 0. The van der Waals surface area contributed by atoms with E-state index in [2.05, 4.69) is 37.6 Å². The molecule has 5 nitrogen and oxygen atoms in total. The molecule has 0 aliphatic rings. The van der Waals surface area contributed by atoms with Gasteiger partial charge in [0.05, 0.1) is 5.69 Å². The first kappa shape index (κ1) is 14.6. The number of aromatic nitrogens is 1. The SMILES string of the molecule is CC(C)N(CCOc1ccc(N)c(N)n1)C(C)C. The van der Waals surface area contributed by atoms with E-state index in [1.54, 1.807) is 12.1 Å². The van der Waals surface area contributed by atoms with E-state index in [9.17, 15) is 0 Å². The summed E-state index contributed by atoms with van der Waals surface area (Å²) >= 11 is 0. The van der Waals surface area contributed by atoms with Crippen LogP contribution in [0.25, 0.3) is 0 Å². The monoisotopic (exact) mass is 252 g/mol. The lowest BCUT2D eigenvalue weighted by Crippen LogP contribution is -2.39. The molecule has 1 rings (SSSR count). The highest BCUT2D eigenvalue weighted by molar-refractivity contribution is 5.58. The molecule has 0 spiro atoms. The summed E-state index contributed by atoms with van der Waals surface area (Å²) in [5.41, 5.74) is 11.7. The van der Waals surface area contributed by atoms with Gasteiger partial charge in [-0.3, -0.25) is 4.90 Å². The van der Waals surface area contributed by atoms with Crippen molar-refractivity contribution in [3.05, 3.63) is 12.1 Å². The molecule has 1 aromatic heterocycles. The second-order valence-electron chi connectivity index (χ2n) is 4.90. The molecule has 0 amide bonds. The van der Waals surface area contributed by atoms with Gasteiger partial charge in [-0.1, -0.05) is 0 Å². The highest BCUT2D eigenvalue weighted by Crippen LogP contribution is 2.16. The third kappa shape index (κ3) is 4.07. The number of nitrogens with two attached hydrogens (primary N) is 2. The second-order valence-corrected chi connectivity index (χ2v) is 4.90. The van der Waals surface area contributed by atoms with Crippen molar-refractivity contribution < 1.29 is 4.74 Å². The summed E-state index contributed by atoms with van der Waals surface area (Å²) in [6, 6.07) is 4.44. The fourth-order valence-corrected chi connectivity index (χ4v) is 1.92. The molecule has 1 aromatic rings. The zero-order chi connectivity index (χ0) is 13.7. The molecule has 1 heterocycles. The number of nitrogens with zero attached hydrogens (tertiary/aromatic N) is 2. The van der Waals surface area contributed by atoms with Gasteiger partial charge in [-0.25, -0.2) is 0 Å². The van der Waals surface area contributed by atoms with Crippen molar-refractivity contribution in [1.29, 1.82) is 0 Å². The largest absolute Gasteiger partial charge is 0.476 e. The smallest absolute Gasteiger partial charge is 0.215 e. The van der Waals surface area contributed by atoms with Crippen LogP contribution in [-0.2, 0) is 0 Å². The number of ether oxygens (including phenoxy) is 1. The zero-order valence-electron chi connectivity index (χ0n) is 11.7. The lowest BCUT2D eigenvalue weighted by atomic mass is 10.2. The molecular formula is C13H24N4O. The quantitative estimate of drug-likeness (QED) is 0.806. The standard InChI is InChI=1S/C13H24N4O/c1-9(2)17(10(3)4)7-8-18-12-6-5-11(14)13(15)16-12/h5-6,9-10H,7-8,14H2,1-4H3,(H2,15,16). The van der Waals surface area contributed by atoms with Gasteiger partial charge in [0, 0.05) is 24.7 Å². The third-order valence-electron chi connectivity index (χ3n) is 2.86. The molecule has 0 unspecified atom stereocenters. The Labute approximate surface area is 109 Å². The maximum absolute atomic E-state index is 5.62. The minimum atomic E-state index is 0.317. The molecule has 0 fully saturated rings. The van der Waals surface area contributed by atoms with E-state index in [0.29, 0.717) is 36.1 Å². The molecule has 0 atom stereocenters. The summed E-state index contributed by atoms with van der Waals surface area (Å²) in [5.74, 6) is 0.839. The minimum absolute atomic E-state index is 0.317. The molecule has 0 bridgehead atoms. The number of pyridine rings is 1. The Balaban J connectivity index is 2.47. The van der Waals surface area contributed by atoms with Crippen molar-refractivity contribution in [2.75, 3.05) is 24.6 Å². The van der Waals surface area contributed by atoms with E-state index in [1.165, 1.54) is 0 Å². The van der Waals surface area contributed by atoms with E-state index in [1.807, 2.05) is 0 Å². The fourth-order valence-electron chi connectivity index (χ4n) is 1.92. The lowest BCUT2D eigenvalue weighted by Gasteiger charge is -2.30. The fraction of sp³-hybridized carbons (Fsp3) is 0.615. The lowest BCUT2D eigenvalue weighted by molar-refractivity contribution is 0.140. The van der Waals surface area contributed by atoms with Gasteiger partial charge in [-0.2, -0.15) is 4.98 Å². The van der Waals surface area contributed by atoms with Gasteiger partial charge < -0.3 is 16.2 Å². The topological polar surface area (TPSA) is 77.4 Å². The Morgan fingerprint density at radius 2 is 1.78 bits per heavy atom. The van der Waals surface area contributed by atoms with Gasteiger partial charge in [0.1, 0.15) is 6.61 Å². The Hall–Kier alpha value is -1.49. The Kier molecular flexibility index (Phi) is 5.22. The van der Waals surface area contributed by atoms with E-state index >= 15 is 0 Å². The van der Waals surface area contributed by atoms with Crippen LogP contribution < -0.4 is 16.2 Å². The summed E-state index contributed by atoms with van der Waals surface area (Å²) < 4.78 is 5.58. The minimum Gasteiger partial charge on any atom is -0.476 e. The van der Waals surface area contributed by atoms with Gasteiger partial charge in [-0.05, 0) is 33.8 Å². The van der Waals surface area contributed by atoms with E-state index in [0.717, 1.165) is 6.54 Å². The van der Waals surface area contributed by atoms with Gasteiger partial charge in [-0.15, -0.1) is 0 Å². The molecule has 5 heteroatoms. The molecule has 0 aliphatic heterocycles. The summed E-state index contributed by atoms with van der Waals surface area (Å²) in [4.78, 5) is 6.43. The third-order valence-corrected chi connectivity index (χ3v) is 2.86. The van der Waals surface area contributed by atoms with Crippen LogP contribution in [0.4, 0.5) is 11.5 Å². The summed E-state index contributed by atoms with van der Waals surface area (Å²) in [6.45, 7) is 10.2. The highest BCUT2D eigenvalue weighted by atomic mass is 16.5. The van der Waals surface area contributed by atoms with Gasteiger partial charge >= 0.3 is 0 Å². The van der Waals surface area contributed by atoms with Crippen molar-refractivity contribution in [2.45, 2.75) is 39.8 Å². The van der Waals surface area contributed by atoms with Gasteiger partial charge in [0.2, 0.25) is 5.88 Å². The Morgan fingerprint density at radius 1 is 1.17 bits per heavy atom. The van der Waals surface area contributed by atoms with Crippen molar-refractivity contribution in [3.63, 3.8) is 0 Å². The first-order valence-electron chi connectivity index (χ1n) is 6.32. The van der Waals surface area contributed by atoms with Crippen LogP contribution in [0.3, 0.4) is 0 Å². The van der Waals surface area contributed by atoms with Crippen molar-refractivity contribution in [2.24, 2.45) is 0 Å². The van der Waals surface area contributed by atoms with Crippen molar-refractivity contribution >= 4 is 11.5 Å². The summed E-state index contributed by atoms with van der Waals surface area (Å²) in [7, 11) is 0. The number of nitrogen functional groups attached to an aromatic ring is 2. The van der Waals surface area contributed by atoms with Crippen LogP contribution >= 0.6 is 0 Å².